The minimum atomic E-state index is -0.192. The average Bonchev–Trinajstić information content (AvgIpc) is 2.34. The molecule has 0 saturated carbocycles. The third-order valence-electron chi connectivity index (χ3n) is 2.38. The molecule has 16 heavy (non-hydrogen) atoms. The molecule has 5 heteroatoms. The minimum Gasteiger partial charge on any atom is -0.398 e. The number of nitrogens with zero attached hydrogens (tertiary/aromatic N) is 2. The third kappa shape index (κ3) is 2.00. The van der Waals surface area contributed by atoms with Gasteiger partial charge in [0.2, 0.25) is 0 Å². The molecule has 0 aliphatic carbocycles. The predicted molar refractivity (Wildman–Crippen MR) is 62.1 cm³/mol. The average molecular weight is 215 g/mol. The molecule has 0 radical (unpaired) electrons. The monoisotopic (exact) mass is 215 g/mol. The second-order valence-electron chi connectivity index (χ2n) is 3.39. The highest BCUT2D eigenvalue weighted by Gasteiger charge is 2.14. The van der Waals surface area contributed by atoms with E-state index in [1.165, 1.54) is 0 Å². The Morgan fingerprint density at radius 1 is 1.12 bits per heavy atom. The van der Waals surface area contributed by atoms with Crippen LogP contribution in [0.15, 0.2) is 43.0 Å². The van der Waals surface area contributed by atoms with Crippen LogP contribution in [0.5, 0.6) is 0 Å². The van der Waals surface area contributed by atoms with Gasteiger partial charge in [0, 0.05) is 36.0 Å². The van der Waals surface area contributed by atoms with Gasteiger partial charge in [0.05, 0.1) is 6.04 Å². The topological polar surface area (TPSA) is 89.8 Å². The highest BCUT2D eigenvalue weighted by atomic mass is 15.2. The maximum atomic E-state index is 5.88. The summed E-state index contributed by atoms with van der Waals surface area (Å²) in [5.74, 6) is 5.54. The molecule has 2 aromatic heterocycles. The van der Waals surface area contributed by atoms with Crippen LogP contribution in [-0.4, -0.2) is 9.97 Å². The Labute approximate surface area is 93.5 Å². The van der Waals surface area contributed by atoms with Gasteiger partial charge < -0.3 is 5.73 Å². The summed E-state index contributed by atoms with van der Waals surface area (Å²) >= 11 is 0. The van der Waals surface area contributed by atoms with E-state index >= 15 is 0 Å². The van der Waals surface area contributed by atoms with Crippen molar-refractivity contribution >= 4 is 5.69 Å². The fraction of sp³-hybridized carbons (Fsp3) is 0.0909. The van der Waals surface area contributed by atoms with Gasteiger partial charge in [0.25, 0.3) is 0 Å². The summed E-state index contributed by atoms with van der Waals surface area (Å²) < 4.78 is 0. The number of hydrogen-bond acceptors (Lipinski definition) is 5. The van der Waals surface area contributed by atoms with E-state index in [4.69, 9.17) is 11.6 Å². The van der Waals surface area contributed by atoms with Gasteiger partial charge in [-0.2, -0.15) is 0 Å². The Morgan fingerprint density at radius 2 is 1.94 bits per heavy atom. The number of hydrogen-bond donors (Lipinski definition) is 3. The molecule has 0 bridgehead atoms. The maximum Gasteiger partial charge on any atom is 0.0760 e. The van der Waals surface area contributed by atoms with Gasteiger partial charge in [-0.05, 0) is 17.7 Å². The van der Waals surface area contributed by atoms with Gasteiger partial charge in [-0.3, -0.25) is 15.8 Å². The predicted octanol–water partition coefficient (Wildman–Crippen LogP) is 0.611. The molecular formula is C11H13N5. The van der Waals surface area contributed by atoms with Gasteiger partial charge in [-0.1, -0.05) is 6.07 Å². The first kappa shape index (κ1) is 10.5. The summed E-state index contributed by atoms with van der Waals surface area (Å²) in [5, 5.41) is 0. The molecule has 82 valence electrons. The SMILES string of the molecule is NNC(c1cccnc1)c1cnccc1N. The largest absolute Gasteiger partial charge is 0.398 e. The number of hydrazine groups is 1. The molecule has 0 aliphatic heterocycles. The molecule has 2 heterocycles. The zero-order valence-electron chi connectivity index (χ0n) is 8.67. The molecule has 5 nitrogen and oxygen atoms in total. The first-order chi connectivity index (χ1) is 7.83. The zero-order chi connectivity index (χ0) is 11.4. The first-order valence-electron chi connectivity index (χ1n) is 4.88. The molecule has 0 aromatic carbocycles. The number of anilines is 1. The van der Waals surface area contributed by atoms with Crippen molar-refractivity contribution in [3.8, 4) is 0 Å². The number of nitrogen functional groups attached to an aromatic ring is 1. The Kier molecular flexibility index (Phi) is 3.09. The van der Waals surface area contributed by atoms with Crippen LogP contribution >= 0.6 is 0 Å². The van der Waals surface area contributed by atoms with Crippen LogP contribution in [-0.2, 0) is 0 Å². The van der Waals surface area contributed by atoms with Gasteiger partial charge in [0.15, 0.2) is 0 Å². The smallest absolute Gasteiger partial charge is 0.0760 e. The summed E-state index contributed by atoms with van der Waals surface area (Å²) in [6.07, 6.45) is 6.81. The normalized spacial score (nSPS) is 12.3. The summed E-state index contributed by atoms with van der Waals surface area (Å²) in [7, 11) is 0. The van der Waals surface area contributed by atoms with E-state index in [2.05, 4.69) is 15.4 Å². The number of pyridine rings is 2. The molecule has 0 fully saturated rings. The molecular weight excluding hydrogens is 202 g/mol. The van der Waals surface area contributed by atoms with E-state index in [-0.39, 0.29) is 6.04 Å². The van der Waals surface area contributed by atoms with Gasteiger partial charge in [-0.15, -0.1) is 0 Å². The third-order valence-corrected chi connectivity index (χ3v) is 2.38. The van der Waals surface area contributed by atoms with Crippen LogP contribution in [0.2, 0.25) is 0 Å². The Morgan fingerprint density at radius 3 is 2.56 bits per heavy atom. The number of aromatic nitrogens is 2. The number of nitrogens with two attached hydrogens (primary N) is 2. The maximum absolute atomic E-state index is 5.88. The molecule has 2 aromatic rings. The lowest BCUT2D eigenvalue weighted by molar-refractivity contribution is 0.634. The lowest BCUT2D eigenvalue weighted by Gasteiger charge is -2.17. The van der Waals surface area contributed by atoms with Crippen LogP contribution in [0, 0.1) is 0 Å². The quantitative estimate of drug-likeness (QED) is 0.515. The number of nitrogens with one attached hydrogen (secondary N) is 1. The van der Waals surface area contributed by atoms with E-state index in [1.54, 1.807) is 30.9 Å². The van der Waals surface area contributed by atoms with Crippen molar-refractivity contribution in [3.63, 3.8) is 0 Å². The second kappa shape index (κ2) is 4.69. The van der Waals surface area contributed by atoms with E-state index < -0.39 is 0 Å². The molecule has 1 unspecified atom stereocenters. The first-order valence-corrected chi connectivity index (χ1v) is 4.88. The minimum absolute atomic E-state index is 0.192. The summed E-state index contributed by atoms with van der Waals surface area (Å²) in [6.45, 7) is 0. The van der Waals surface area contributed by atoms with Crippen molar-refractivity contribution in [1.29, 1.82) is 0 Å². The van der Waals surface area contributed by atoms with Crippen LogP contribution in [0.3, 0.4) is 0 Å². The molecule has 5 N–H and O–H groups in total. The van der Waals surface area contributed by atoms with E-state index in [1.807, 2.05) is 12.1 Å². The van der Waals surface area contributed by atoms with Gasteiger partial charge >= 0.3 is 0 Å². The van der Waals surface area contributed by atoms with Crippen LogP contribution in [0.25, 0.3) is 0 Å². The van der Waals surface area contributed by atoms with Gasteiger partial charge in [-0.25, -0.2) is 5.43 Å². The second-order valence-corrected chi connectivity index (χ2v) is 3.39. The van der Waals surface area contributed by atoms with Crippen molar-refractivity contribution in [2.75, 3.05) is 5.73 Å². The molecule has 0 aliphatic rings. The molecule has 0 spiro atoms. The van der Waals surface area contributed by atoms with Crippen molar-refractivity contribution < 1.29 is 0 Å². The fourth-order valence-corrected chi connectivity index (χ4v) is 1.57. The summed E-state index contributed by atoms with van der Waals surface area (Å²) in [6, 6.07) is 5.34. The van der Waals surface area contributed by atoms with Crippen molar-refractivity contribution in [3.05, 3.63) is 54.1 Å². The van der Waals surface area contributed by atoms with Gasteiger partial charge in [0.1, 0.15) is 0 Å². The molecule has 2 rings (SSSR count). The van der Waals surface area contributed by atoms with E-state index in [0.29, 0.717) is 5.69 Å². The Balaban J connectivity index is 2.41. The standard InChI is InChI=1S/C11H13N5/c12-10-3-5-15-7-9(10)11(16-13)8-2-1-4-14-6-8/h1-7,11,16H,13H2,(H2,12,15). The lowest BCUT2D eigenvalue weighted by atomic mass is 10.0. The summed E-state index contributed by atoms with van der Waals surface area (Å²) in [5.41, 5.74) is 11.0. The number of rotatable bonds is 3. The molecule has 1 atom stereocenters. The van der Waals surface area contributed by atoms with Crippen LogP contribution in [0.1, 0.15) is 17.2 Å². The zero-order valence-corrected chi connectivity index (χ0v) is 8.67. The van der Waals surface area contributed by atoms with Crippen molar-refractivity contribution in [2.45, 2.75) is 6.04 Å². The summed E-state index contributed by atoms with van der Waals surface area (Å²) in [4.78, 5) is 8.10. The molecule has 0 amide bonds. The van der Waals surface area contributed by atoms with E-state index in [9.17, 15) is 0 Å². The van der Waals surface area contributed by atoms with Crippen LogP contribution in [0.4, 0.5) is 5.69 Å². The Bertz CT molecular complexity index is 457. The van der Waals surface area contributed by atoms with Crippen molar-refractivity contribution in [1.82, 2.24) is 15.4 Å². The molecule has 0 saturated heterocycles. The Hall–Kier alpha value is -1.98. The lowest BCUT2D eigenvalue weighted by Crippen LogP contribution is -2.29. The van der Waals surface area contributed by atoms with E-state index in [0.717, 1.165) is 11.1 Å². The fourth-order valence-electron chi connectivity index (χ4n) is 1.57. The highest BCUT2D eigenvalue weighted by Crippen LogP contribution is 2.24. The van der Waals surface area contributed by atoms with Crippen molar-refractivity contribution in [2.24, 2.45) is 5.84 Å². The van der Waals surface area contributed by atoms with Crippen LogP contribution < -0.4 is 17.0 Å². The highest BCUT2D eigenvalue weighted by molar-refractivity contribution is 5.49.